The Bertz CT molecular complexity index is 638. The van der Waals surface area contributed by atoms with Gasteiger partial charge in [0.1, 0.15) is 0 Å². The van der Waals surface area contributed by atoms with Crippen molar-refractivity contribution in [2.45, 2.75) is 13.8 Å². The van der Waals surface area contributed by atoms with Gasteiger partial charge in [-0.1, -0.05) is 17.7 Å². The molecule has 0 aromatic heterocycles. The van der Waals surface area contributed by atoms with Gasteiger partial charge < -0.3 is 5.32 Å². The van der Waals surface area contributed by atoms with Crippen molar-refractivity contribution in [1.82, 2.24) is 0 Å². The maximum absolute atomic E-state index is 13.0. The van der Waals surface area contributed by atoms with E-state index in [4.69, 9.17) is 0 Å². The maximum atomic E-state index is 13.0. The van der Waals surface area contributed by atoms with Gasteiger partial charge in [-0.15, -0.1) is 0 Å². The van der Waals surface area contributed by atoms with Crippen LogP contribution in [0.5, 0.6) is 0 Å². The van der Waals surface area contributed by atoms with E-state index in [9.17, 15) is 13.6 Å². The SMILES string of the molecule is Cc1ccc(C(=O)Nc2ccc(F)c(F)c2)c(C)c1. The molecule has 19 heavy (non-hydrogen) atoms. The van der Waals surface area contributed by atoms with Crippen LogP contribution in [0.1, 0.15) is 21.5 Å². The van der Waals surface area contributed by atoms with Crippen molar-refractivity contribution in [3.63, 3.8) is 0 Å². The summed E-state index contributed by atoms with van der Waals surface area (Å²) in [7, 11) is 0. The Morgan fingerprint density at radius 3 is 2.37 bits per heavy atom. The van der Waals surface area contributed by atoms with Crippen molar-refractivity contribution >= 4 is 11.6 Å². The molecule has 0 atom stereocenters. The van der Waals surface area contributed by atoms with Crippen LogP contribution in [0, 0.1) is 25.5 Å². The fourth-order valence-corrected chi connectivity index (χ4v) is 1.84. The molecule has 0 unspecified atom stereocenters. The highest BCUT2D eigenvalue weighted by molar-refractivity contribution is 6.05. The van der Waals surface area contributed by atoms with Gasteiger partial charge in [0.25, 0.3) is 5.91 Å². The zero-order valence-electron chi connectivity index (χ0n) is 10.6. The van der Waals surface area contributed by atoms with E-state index < -0.39 is 11.6 Å². The molecule has 2 aromatic carbocycles. The number of hydrogen-bond acceptors (Lipinski definition) is 1. The average molecular weight is 261 g/mol. The Morgan fingerprint density at radius 1 is 1.00 bits per heavy atom. The zero-order chi connectivity index (χ0) is 14.0. The van der Waals surface area contributed by atoms with E-state index in [-0.39, 0.29) is 11.6 Å². The normalized spacial score (nSPS) is 10.3. The highest BCUT2D eigenvalue weighted by Gasteiger charge is 2.10. The summed E-state index contributed by atoms with van der Waals surface area (Å²) in [6.07, 6.45) is 0. The Balaban J connectivity index is 2.23. The molecule has 0 saturated heterocycles. The molecule has 2 rings (SSSR count). The number of nitrogens with one attached hydrogen (secondary N) is 1. The lowest BCUT2D eigenvalue weighted by atomic mass is 10.1. The quantitative estimate of drug-likeness (QED) is 0.874. The number of carbonyl (C=O) groups is 1. The molecular weight excluding hydrogens is 248 g/mol. The van der Waals surface area contributed by atoms with E-state index in [1.807, 2.05) is 26.0 Å². The summed E-state index contributed by atoms with van der Waals surface area (Å²) in [5.41, 5.74) is 2.63. The number of amides is 1. The van der Waals surface area contributed by atoms with Gasteiger partial charge in [0.05, 0.1) is 0 Å². The predicted molar refractivity (Wildman–Crippen MR) is 70.2 cm³/mol. The molecular formula is C15H13F2NO. The average Bonchev–Trinajstić information content (AvgIpc) is 2.33. The minimum Gasteiger partial charge on any atom is -0.322 e. The second kappa shape index (κ2) is 5.18. The van der Waals surface area contributed by atoms with Gasteiger partial charge >= 0.3 is 0 Å². The topological polar surface area (TPSA) is 29.1 Å². The smallest absolute Gasteiger partial charge is 0.255 e. The lowest BCUT2D eigenvalue weighted by molar-refractivity contribution is 0.102. The molecule has 0 bridgehead atoms. The second-order valence-electron chi connectivity index (χ2n) is 4.40. The standard InChI is InChI=1S/C15H13F2NO/c1-9-3-5-12(10(2)7-9)15(19)18-11-4-6-13(16)14(17)8-11/h3-8H,1-2H3,(H,18,19). The van der Waals surface area contributed by atoms with Crippen molar-refractivity contribution < 1.29 is 13.6 Å². The molecule has 2 nitrogen and oxygen atoms in total. The number of anilines is 1. The van der Waals surface area contributed by atoms with Crippen LogP contribution in [0.4, 0.5) is 14.5 Å². The van der Waals surface area contributed by atoms with E-state index in [1.54, 1.807) is 6.07 Å². The van der Waals surface area contributed by atoms with E-state index >= 15 is 0 Å². The van der Waals surface area contributed by atoms with E-state index in [0.717, 1.165) is 23.3 Å². The summed E-state index contributed by atoms with van der Waals surface area (Å²) in [4.78, 5) is 12.0. The summed E-state index contributed by atoms with van der Waals surface area (Å²) in [5, 5.41) is 2.54. The molecule has 0 heterocycles. The molecule has 1 amide bonds. The van der Waals surface area contributed by atoms with Crippen LogP contribution in [0.2, 0.25) is 0 Å². The molecule has 1 N–H and O–H groups in total. The molecule has 0 aliphatic carbocycles. The van der Waals surface area contributed by atoms with Gasteiger partial charge in [-0.05, 0) is 37.6 Å². The number of carbonyl (C=O) groups excluding carboxylic acids is 1. The predicted octanol–water partition coefficient (Wildman–Crippen LogP) is 3.83. The fraction of sp³-hybridized carbons (Fsp3) is 0.133. The minimum absolute atomic E-state index is 0.226. The first-order valence-electron chi connectivity index (χ1n) is 5.81. The van der Waals surface area contributed by atoms with Crippen LogP contribution >= 0.6 is 0 Å². The molecule has 0 saturated carbocycles. The number of hydrogen-bond donors (Lipinski definition) is 1. The number of benzene rings is 2. The number of rotatable bonds is 2. The van der Waals surface area contributed by atoms with E-state index in [0.29, 0.717) is 5.56 Å². The number of aryl methyl sites for hydroxylation is 2. The van der Waals surface area contributed by atoms with Crippen molar-refractivity contribution in [3.05, 3.63) is 64.7 Å². The molecule has 0 spiro atoms. The van der Waals surface area contributed by atoms with Crippen molar-refractivity contribution in [2.75, 3.05) is 5.32 Å². The molecule has 0 aliphatic heterocycles. The minimum atomic E-state index is -0.988. The third-order valence-electron chi connectivity index (χ3n) is 2.80. The number of halogens is 2. The summed E-state index contributed by atoms with van der Waals surface area (Å²) >= 11 is 0. The second-order valence-corrected chi connectivity index (χ2v) is 4.40. The zero-order valence-corrected chi connectivity index (χ0v) is 10.6. The van der Waals surface area contributed by atoms with Gasteiger partial charge in [-0.3, -0.25) is 4.79 Å². The first kappa shape index (κ1) is 13.2. The Hall–Kier alpha value is -2.23. The van der Waals surface area contributed by atoms with Gasteiger partial charge in [-0.2, -0.15) is 0 Å². The first-order chi connectivity index (χ1) is 8.97. The largest absolute Gasteiger partial charge is 0.322 e. The Morgan fingerprint density at radius 2 is 1.74 bits per heavy atom. The monoisotopic (exact) mass is 261 g/mol. The lowest BCUT2D eigenvalue weighted by Gasteiger charge is -2.08. The summed E-state index contributed by atoms with van der Waals surface area (Å²) in [6, 6.07) is 8.68. The Kier molecular flexibility index (Phi) is 3.60. The van der Waals surface area contributed by atoms with Gasteiger partial charge in [0.2, 0.25) is 0 Å². The van der Waals surface area contributed by atoms with Gasteiger partial charge in [-0.25, -0.2) is 8.78 Å². The molecule has 0 fully saturated rings. The maximum Gasteiger partial charge on any atom is 0.255 e. The molecule has 2 aromatic rings. The van der Waals surface area contributed by atoms with E-state index in [2.05, 4.69) is 5.32 Å². The van der Waals surface area contributed by atoms with Crippen LogP contribution in [0.3, 0.4) is 0 Å². The van der Waals surface area contributed by atoms with Crippen LogP contribution in [0.15, 0.2) is 36.4 Å². The highest BCUT2D eigenvalue weighted by atomic mass is 19.2. The van der Waals surface area contributed by atoms with Crippen molar-refractivity contribution in [2.24, 2.45) is 0 Å². The lowest BCUT2D eigenvalue weighted by Crippen LogP contribution is -2.13. The highest BCUT2D eigenvalue weighted by Crippen LogP contribution is 2.16. The van der Waals surface area contributed by atoms with Gasteiger partial charge in [0.15, 0.2) is 11.6 Å². The van der Waals surface area contributed by atoms with Gasteiger partial charge in [0, 0.05) is 17.3 Å². The molecule has 4 heteroatoms. The first-order valence-corrected chi connectivity index (χ1v) is 5.81. The third-order valence-corrected chi connectivity index (χ3v) is 2.80. The van der Waals surface area contributed by atoms with Crippen LogP contribution in [0.25, 0.3) is 0 Å². The third kappa shape index (κ3) is 2.96. The summed E-state index contributed by atoms with van der Waals surface area (Å²) < 4.78 is 25.8. The van der Waals surface area contributed by atoms with Crippen molar-refractivity contribution in [3.8, 4) is 0 Å². The van der Waals surface area contributed by atoms with E-state index in [1.165, 1.54) is 6.07 Å². The van der Waals surface area contributed by atoms with Crippen LogP contribution in [-0.4, -0.2) is 5.91 Å². The molecule has 0 radical (unpaired) electrons. The van der Waals surface area contributed by atoms with Crippen molar-refractivity contribution in [1.29, 1.82) is 0 Å². The fourth-order valence-electron chi connectivity index (χ4n) is 1.84. The summed E-state index contributed by atoms with van der Waals surface area (Å²) in [5.74, 6) is -2.27. The molecule has 98 valence electrons. The van der Waals surface area contributed by atoms with Crippen LogP contribution < -0.4 is 5.32 Å². The summed E-state index contributed by atoms with van der Waals surface area (Å²) in [6.45, 7) is 3.76. The Labute approximate surface area is 110 Å². The molecule has 0 aliphatic rings. The van der Waals surface area contributed by atoms with Crippen LogP contribution in [-0.2, 0) is 0 Å².